The third-order valence-electron chi connectivity index (χ3n) is 7.79. The average molecular weight is 628 g/mol. The van der Waals surface area contributed by atoms with E-state index in [2.05, 4.69) is 67.1 Å². The van der Waals surface area contributed by atoms with E-state index in [-0.39, 0.29) is 18.1 Å². The van der Waals surface area contributed by atoms with Crippen molar-refractivity contribution in [3.63, 3.8) is 0 Å². The fourth-order valence-electron chi connectivity index (χ4n) is 5.75. The van der Waals surface area contributed by atoms with Crippen LogP contribution in [0, 0.1) is 6.92 Å². The van der Waals surface area contributed by atoms with Gasteiger partial charge in [-0.3, -0.25) is 14.4 Å². The molecule has 7 nitrogen and oxygen atoms in total. The molecule has 1 N–H and O–H groups in total. The largest absolute Gasteiger partial charge is 0.491 e. The Balaban J connectivity index is 1.36. The van der Waals surface area contributed by atoms with Crippen LogP contribution in [0.3, 0.4) is 0 Å². The number of aromatic nitrogens is 2. The molecular formula is C30H38IN5O2. The number of hydrogen-bond donors (Lipinski definition) is 1. The standard InChI is InChI=1S/C30H38IN5O2/c1-19(2)38-28-11-22(10-23(12-28)24-14-32-34(5)15-24)21(4)33-30(37)29-13-25(7-6-20(29)3)35-16-26-8-9-27(17-35)36(26)18-31/h6-7,10-15,19,21,26-27H,8-9,16-18H2,1-5H3,(H,33,37)/t21-,26-,27+/m1/s1. The zero-order chi connectivity index (χ0) is 27.0. The van der Waals surface area contributed by atoms with E-state index in [1.54, 1.807) is 4.68 Å². The summed E-state index contributed by atoms with van der Waals surface area (Å²) >= 11 is 2.49. The van der Waals surface area contributed by atoms with Crippen molar-refractivity contribution < 1.29 is 9.53 Å². The quantitative estimate of drug-likeness (QED) is 0.197. The lowest BCUT2D eigenvalue weighted by Crippen LogP contribution is -2.53. The zero-order valence-corrected chi connectivity index (χ0v) is 25.1. The van der Waals surface area contributed by atoms with Gasteiger partial charge >= 0.3 is 0 Å². The molecule has 8 heteroatoms. The summed E-state index contributed by atoms with van der Waals surface area (Å²) in [6.07, 6.45) is 6.42. The molecule has 0 saturated carbocycles. The molecule has 1 aromatic heterocycles. The van der Waals surface area contributed by atoms with E-state index in [9.17, 15) is 4.79 Å². The number of rotatable bonds is 8. The van der Waals surface area contributed by atoms with Crippen molar-refractivity contribution in [3.8, 4) is 16.9 Å². The summed E-state index contributed by atoms with van der Waals surface area (Å²) in [6.45, 7) is 10.1. The zero-order valence-electron chi connectivity index (χ0n) is 22.9. The molecule has 2 saturated heterocycles. The van der Waals surface area contributed by atoms with Gasteiger partial charge in [0.15, 0.2) is 0 Å². The molecule has 0 aliphatic carbocycles. The molecule has 38 heavy (non-hydrogen) atoms. The summed E-state index contributed by atoms with van der Waals surface area (Å²) in [4.78, 5) is 18.7. The number of nitrogens with zero attached hydrogens (tertiary/aromatic N) is 4. The molecule has 3 atom stereocenters. The summed E-state index contributed by atoms with van der Waals surface area (Å²) in [6, 6.07) is 13.5. The van der Waals surface area contributed by atoms with Crippen LogP contribution in [0.2, 0.25) is 0 Å². The number of carbonyl (C=O) groups is 1. The molecule has 202 valence electrons. The lowest BCUT2D eigenvalue weighted by atomic mass is 10.00. The second kappa shape index (κ2) is 11.3. The summed E-state index contributed by atoms with van der Waals surface area (Å²) in [5.74, 6) is 0.736. The maximum atomic E-state index is 13.6. The Morgan fingerprint density at radius 2 is 1.84 bits per heavy atom. The lowest BCUT2D eigenvalue weighted by molar-refractivity contribution is 0.0939. The summed E-state index contributed by atoms with van der Waals surface area (Å²) in [5, 5.41) is 7.57. The van der Waals surface area contributed by atoms with Crippen LogP contribution in [-0.4, -0.2) is 56.4 Å². The van der Waals surface area contributed by atoms with E-state index >= 15 is 0 Å². The molecule has 3 aromatic rings. The molecule has 0 unspecified atom stereocenters. The van der Waals surface area contributed by atoms with Crippen molar-refractivity contribution in [2.24, 2.45) is 7.05 Å². The number of alkyl halides is 1. The van der Waals surface area contributed by atoms with Gasteiger partial charge in [0.05, 0.1) is 22.9 Å². The Labute approximate surface area is 239 Å². The van der Waals surface area contributed by atoms with Crippen LogP contribution in [0.15, 0.2) is 48.8 Å². The Morgan fingerprint density at radius 1 is 1.11 bits per heavy atom. The van der Waals surface area contributed by atoms with E-state index < -0.39 is 0 Å². The number of anilines is 1. The summed E-state index contributed by atoms with van der Waals surface area (Å²) < 4.78 is 8.93. The number of halogens is 1. The minimum atomic E-state index is -0.195. The number of aryl methyl sites for hydroxylation is 2. The Morgan fingerprint density at radius 3 is 2.47 bits per heavy atom. The number of benzene rings is 2. The first kappa shape index (κ1) is 27.0. The molecule has 2 aliphatic rings. The predicted molar refractivity (Wildman–Crippen MR) is 161 cm³/mol. The number of piperazine rings is 1. The minimum absolute atomic E-state index is 0.0520. The van der Waals surface area contributed by atoms with Gasteiger partial charge in [0.1, 0.15) is 5.75 Å². The Hall–Kier alpha value is -2.59. The highest BCUT2D eigenvalue weighted by Crippen LogP contribution is 2.34. The molecule has 0 radical (unpaired) electrons. The molecular weight excluding hydrogens is 589 g/mol. The molecule has 2 fully saturated rings. The highest BCUT2D eigenvalue weighted by Gasteiger charge is 2.39. The number of carbonyl (C=O) groups excluding carboxylic acids is 1. The number of ether oxygens (including phenoxy) is 1. The predicted octanol–water partition coefficient (Wildman–Crippen LogP) is 5.72. The van der Waals surface area contributed by atoms with Crippen LogP contribution in [0.4, 0.5) is 5.69 Å². The van der Waals surface area contributed by atoms with Gasteiger partial charge in [0.2, 0.25) is 0 Å². The summed E-state index contributed by atoms with van der Waals surface area (Å²) in [5.41, 5.74) is 5.90. The van der Waals surface area contributed by atoms with Crippen molar-refractivity contribution >= 4 is 34.2 Å². The second-order valence-electron chi connectivity index (χ2n) is 11.0. The van der Waals surface area contributed by atoms with Crippen LogP contribution in [0.5, 0.6) is 5.75 Å². The van der Waals surface area contributed by atoms with Crippen LogP contribution >= 0.6 is 22.6 Å². The van der Waals surface area contributed by atoms with Gasteiger partial charge in [0, 0.05) is 55.2 Å². The van der Waals surface area contributed by atoms with Crippen molar-refractivity contribution in [3.05, 3.63) is 65.5 Å². The topological polar surface area (TPSA) is 62.6 Å². The molecule has 5 rings (SSSR count). The first-order valence-electron chi connectivity index (χ1n) is 13.5. The Bertz CT molecular complexity index is 1290. The maximum Gasteiger partial charge on any atom is 0.252 e. The number of hydrogen-bond acceptors (Lipinski definition) is 5. The molecule has 3 heterocycles. The first-order chi connectivity index (χ1) is 18.2. The monoisotopic (exact) mass is 627 g/mol. The molecule has 2 aromatic carbocycles. The van der Waals surface area contributed by atoms with Gasteiger partial charge in [-0.05, 0) is 87.6 Å². The van der Waals surface area contributed by atoms with E-state index in [1.165, 1.54) is 12.8 Å². The smallest absolute Gasteiger partial charge is 0.252 e. The van der Waals surface area contributed by atoms with Crippen molar-refractivity contribution in [1.82, 2.24) is 20.0 Å². The fourth-order valence-corrected chi connectivity index (χ4v) is 6.87. The SMILES string of the molecule is Cc1ccc(N2C[C@H]3CC[C@@H](C2)N3CI)cc1C(=O)N[C@H](C)c1cc(OC(C)C)cc(-c2cnn(C)c2)c1. The average Bonchev–Trinajstić information content (AvgIpc) is 3.42. The maximum absolute atomic E-state index is 13.6. The normalized spacial score (nSPS) is 20.1. The van der Waals surface area contributed by atoms with Gasteiger partial charge in [-0.25, -0.2) is 0 Å². The van der Waals surface area contributed by atoms with Gasteiger partial charge in [-0.2, -0.15) is 5.10 Å². The third-order valence-corrected chi connectivity index (χ3v) is 8.58. The first-order valence-corrected chi connectivity index (χ1v) is 15.0. The van der Waals surface area contributed by atoms with E-state index in [0.717, 1.165) is 56.9 Å². The highest BCUT2D eigenvalue weighted by atomic mass is 127. The van der Waals surface area contributed by atoms with Gasteiger partial charge in [0.25, 0.3) is 5.91 Å². The number of amides is 1. The third kappa shape index (κ3) is 5.71. The number of nitrogens with one attached hydrogen (secondary N) is 1. The fraction of sp³-hybridized carbons (Fsp3) is 0.467. The van der Waals surface area contributed by atoms with E-state index in [4.69, 9.17) is 4.74 Å². The molecule has 0 spiro atoms. The van der Waals surface area contributed by atoms with Crippen LogP contribution in [0.25, 0.3) is 11.1 Å². The number of fused-ring (bicyclic) bond motifs is 2. The molecule has 2 bridgehead atoms. The van der Waals surface area contributed by atoms with Crippen molar-refractivity contribution in [2.45, 2.75) is 64.8 Å². The summed E-state index contributed by atoms with van der Waals surface area (Å²) in [7, 11) is 1.91. The lowest BCUT2D eigenvalue weighted by Gasteiger charge is -2.41. The van der Waals surface area contributed by atoms with Crippen LogP contribution in [0.1, 0.15) is 61.1 Å². The van der Waals surface area contributed by atoms with Gasteiger partial charge in [-0.1, -0.05) is 28.7 Å². The highest BCUT2D eigenvalue weighted by molar-refractivity contribution is 14.1. The van der Waals surface area contributed by atoms with Gasteiger partial charge < -0.3 is 15.0 Å². The second-order valence-corrected chi connectivity index (χ2v) is 11.7. The minimum Gasteiger partial charge on any atom is -0.491 e. The van der Waals surface area contributed by atoms with Crippen LogP contribution < -0.4 is 15.0 Å². The Kier molecular flexibility index (Phi) is 8.00. The van der Waals surface area contributed by atoms with Crippen LogP contribution in [-0.2, 0) is 7.05 Å². The van der Waals surface area contributed by atoms with Crippen molar-refractivity contribution in [2.75, 3.05) is 22.5 Å². The van der Waals surface area contributed by atoms with E-state index in [0.29, 0.717) is 12.1 Å². The van der Waals surface area contributed by atoms with Crippen molar-refractivity contribution in [1.29, 1.82) is 0 Å². The van der Waals surface area contributed by atoms with E-state index in [1.807, 2.05) is 59.3 Å². The van der Waals surface area contributed by atoms with Gasteiger partial charge in [-0.15, -0.1) is 0 Å². The molecule has 1 amide bonds. The molecule has 2 aliphatic heterocycles.